The average Bonchev–Trinajstić information content (AvgIpc) is 2.96. The Hall–Kier alpha value is -2.15. The van der Waals surface area contributed by atoms with Crippen molar-refractivity contribution in [1.29, 1.82) is 0 Å². The predicted octanol–water partition coefficient (Wildman–Crippen LogP) is 2.89. The number of rotatable bonds is 7. The number of nitrogens with one attached hydrogen (secondary N) is 2. The molecule has 6 nitrogen and oxygen atoms in total. The summed E-state index contributed by atoms with van der Waals surface area (Å²) in [5.41, 5.74) is 1.04. The lowest BCUT2D eigenvalue weighted by atomic mass is 10.3. The minimum atomic E-state index is 0.125. The summed E-state index contributed by atoms with van der Waals surface area (Å²) in [4.78, 5) is 14.4. The van der Waals surface area contributed by atoms with E-state index in [0.717, 1.165) is 23.1 Å². The third-order valence-electron chi connectivity index (χ3n) is 2.99. The minimum Gasteiger partial charge on any atom is -0.475 e. The largest absolute Gasteiger partial charge is 0.475 e. The lowest BCUT2D eigenvalue weighted by Crippen LogP contribution is -2.36. The summed E-state index contributed by atoms with van der Waals surface area (Å²) < 4.78 is 5.55. The normalized spacial score (nSPS) is 11.6. The summed E-state index contributed by atoms with van der Waals surface area (Å²) in [6.07, 6.45) is 3.81. The molecule has 0 fully saturated rings. The molecule has 2 aromatic heterocycles. The number of guanidine groups is 1. The molecule has 0 radical (unpaired) electrons. The summed E-state index contributed by atoms with van der Waals surface area (Å²) in [7, 11) is 0. The summed E-state index contributed by atoms with van der Waals surface area (Å²) in [6.45, 7) is 10.1. The summed E-state index contributed by atoms with van der Waals surface area (Å²) in [6, 6.07) is 3.87. The van der Waals surface area contributed by atoms with Gasteiger partial charge in [0.1, 0.15) is 5.01 Å². The highest BCUT2D eigenvalue weighted by Crippen LogP contribution is 2.11. The van der Waals surface area contributed by atoms with E-state index in [1.807, 2.05) is 39.1 Å². The molecule has 0 atom stereocenters. The van der Waals surface area contributed by atoms with Crippen LogP contribution in [0.2, 0.25) is 0 Å². The molecule has 0 unspecified atom stereocenters. The third-order valence-corrected chi connectivity index (χ3v) is 3.91. The van der Waals surface area contributed by atoms with Gasteiger partial charge in [0.25, 0.3) is 0 Å². The van der Waals surface area contributed by atoms with E-state index in [1.54, 1.807) is 17.5 Å². The Labute approximate surface area is 147 Å². The summed E-state index contributed by atoms with van der Waals surface area (Å²) in [5, 5.41) is 7.59. The van der Waals surface area contributed by atoms with Crippen molar-refractivity contribution >= 4 is 17.3 Å². The van der Waals surface area contributed by atoms with Crippen LogP contribution in [0.3, 0.4) is 0 Å². The number of hydrogen-bond donors (Lipinski definition) is 2. The van der Waals surface area contributed by atoms with Gasteiger partial charge in [0.05, 0.1) is 19.2 Å². The summed E-state index contributed by atoms with van der Waals surface area (Å²) >= 11 is 1.69. The molecule has 2 N–H and O–H groups in total. The number of aliphatic imine (C=N–C) groups is 1. The molecule has 0 saturated heterocycles. The van der Waals surface area contributed by atoms with Crippen molar-refractivity contribution in [3.63, 3.8) is 0 Å². The second-order valence-corrected chi connectivity index (χ2v) is 6.90. The van der Waals surface area contributed by atoms with Crippen LogP contribution in [0, 0.1) is 6.92 Å². The van der Waals surface area contributed by atoms with Gasteiger partial charge in [-0.25, -0.2) is 15.0 Å². The molecule has 0 bridgehead atoms. The van der Waals surface area contributed by atoms with Crippen LogP contribution in [0.5, 0.6) is 5.88 Å². The van der Waals surface area contributed by atoms with E-state index in [9.17, 15) is 0 Å². The van der Waals surface area contributed by atoms with E-state index in [-0.39, 0.29) is 6.10 Å². The van der Waals surface area contributed by atoms with Crippen LogP contribution in [0.4, 0.5) is 0 Å². The number of aryl methyl sites for hydroxylation is 1. The van der Waals surface area contributed by atoms with Crippen LogP contribution in [0.15, 0.2) is 29.5 Å². The molecule has 2 rings (SSSR count). The first-order chi connectivity index (χ1) is 11.6. The molecule has 0 aliphatic heterocycles. The van der Waals surface area contributed by atoms with E-state index in [0.29, 0.717) is 19.0 Å². The van der Waals surface area contributed by atoms with Gasteiger partial charge in [-0.3, -0.25) is 0 Å². The highest BCUT2D eigenvalue weighted by atomic mass is 32.1. The fourth-order valence-corrected chi connectivity index (χ4v) is 2.70. The van der Waals surface area contributed by atoms with Crippen molar-refractivity contribution in [2.24, 2.45) is 4.99 Å². The Morgan fingerprint density at radius 3 is 2.67 bits per heavy atom. The van der Waals surface area contributed by atoms with Crippen molar-refractivity contribution in [2.75, 3.05) is 6.54 Å². The van der Waals surface area contributed by atoms with Gasteiger partial charge < -0.3 is 15.4 Å². The zero-order valence-electron chi connectivity index (χ0n) is 14.7. The first kappa shape index (κ1) is 18.2. The molecule has 0 amide bonds. The zero-order valence-corrected chi connectivity index (χ0v) is 15.5. The number of nitrogens with zero attached hydrogens (tertiary/aromatic N) is 3. The topological polar surface area (TPSA) is 71.4 Å². The second-order valence-electron chi connectivity index (χ2n) is 5.58. The number of aromatic nitrogens is 2. The van der Waals surface area contributed by atoms with Crippen LogP contribution >= 0.6 is 11.3 Å². The van der Waals surface area contributed by atoms with Crippen molar-refractivity contribution in [3.8, 4) is 5.88 Å². The SMILES string of the molecule is CCNC(=NCc1ccc(OC(C)C)nc1)NCc1ncc(C)s1. The fraction of sp³-hybridized carbons (Fsp3) is 0.471. The molecule has 0 spiro atoms. The maximum atomic E-state index is 5.55. The van der Waals surface area contributed by atoms with Crippen LogP contribution in [-0.2, 0) is 13.1 Å². The first-order valence-electron chi connectivity index (χ1n) is 8.12. The van der Waals surface area contributed by atoms with Gasteiger partial charge in [0.2, 0.25) is 5.88 Å². The molecule has 2 heterocycles. The van der Waals surface area contributed by atoms with Crippen LogP contribution < -0.4 is 15.4 Å². The van der Waals surface area contributed by atoms with Crippen molar-refractivity contribution in [1.82, 2.24) is 20.6 Å². The van der Waals surface area contributed by atoms with Gasteiger partial charge >= 0.3 is 0 Å². The van der Waals surface area contributed by atoms with E-state index in [2.05, 4.69) is 32.5 Å². The molecule has 0 aliphatic carbocycles. The average molecular weight is 347 g/mol. The highest BCUT2D eigenvalue weighted by molar-refractivity contribution is 7.11. The van der Waals surface area contributed by atoms with Crippen LogP contribution in [0.1, 0.15) is 36.2 Å². The molecular formula is C17H25N5OS. The Morgan fingerprint density at radius 2 is 2.08 bits per heavy atom. The number of pyridine rings is 1. The van der Waals surface area contributed by atoms with Crippen molar-refractivity contribution in [2.45, 2.75) is 46.9 Å². The Balaban J connectivity index is 1.92. The van der Waals surface area contributed by atoms with Gasteiger partial charge in [-0.15, -0.1) is 11.3 Å². The molecule has 24 heavy (non-hydrogen) atoms. The van der Waals surface area contributed by atoms with Gasteiger partial charge in [-0.05, 0) is 33.3 Å². The Kier molecular flexibility index (Phi) is 6.99. The number of ether oxygens (including phenoxy) is 1. The monoisotopic (exact) mass is 347 g/mol. The second kappa shape index (κ2) is 9.22. The smallest absolute Gasteiger partial charge is 0.213 e. The molecule has 130 valence electrons. The summed E-state index contributed by atoms with van der Waals surface area (Å²) in [5.74, 6) is 1.41. The van der Waals surface area contributed by atoms with Gasteiger partial charge in [0.15, 0.2) is 5.96 Å². The molecular weight excluding hydrogens is 322 g/mol. The van der Waals surface area contributed by atoms with Crippen molar-refractivity contribution in [3.05, 3.63) is 40.0 Å². The van der Waals surface area contributed by atoms with Gasteiger partial charge in [-0.1, -0.05) is 6.07 Å². The quantitative estimate of drug-likeness (QED) is 0.595. The van der Waals surface area contributed by atoms with Gasteiger partial charge in [-0.2, -0.15) is 0 Å². The Morgan fingerprint density at radius 1 is 1.25 bits per heavy atom. The predicted molar refractivity (Wildman–Crippen MR) is 98.5 cm³/mol. The maximum absolute atomic E-state index is 5.55. The maximum Gasteiger partial charge on any atom is 0.213 e. The van der Waals surface area contributed by atoms with E-state index in [1.165, 1.54) is 4.88 Å². The standard InChI is InChI=1S/C17H25N5OS/c1-5-18-17(22-11-16-20-8-13(4)24-16)21-10-14-6-7-15(19-9-14)23-12(2)3/h6-9,12H,5,10-11H2,1-4H3,(H2,18,21,22). The lowest BCUT2D eigenvalue weighted by molar-refractivity contribution is 0.232. The van der Waals surface area contributed by atoms with Crippen LogP contribution in [-0.4, -0.2) is 28.6 Å². The lowest BCUT2D eigenvalue weighted by Gasteiger charge is -2.10. The minimum absolute atomic E-state index is 0.125. The zero-order chi connectivity index (χ0) is 17.4. The fourth-order valence-electron chi connectivity index (χ4n) is 1.97. The molecule has 0 aliphatic rings. The molecule has 7 heteroatoms. The first-order valence-corrected chi connectivity index (χ1v) is 8.93. The molecule has 2 aromatic rings. The van der Waals surface area contributed by atoms with Gasteiger partial charge in [0, 0.05) is 29.9 Å². The van der Waals surface area contributed by atoms with Crippen LogP contribution in [0.25, 0.3) is 0 Å². The number of thiazole rings is 1. The third kappa shape index (κ3) is 6.16. The van der Waals surface area contributed by atoms with E-state index < -0.39 is 0 Å². The number of hydrogen-bond acceptors (Lipinski definition) is 5. The molecule has 0 saturated carbocycles. The van der Waals surface area contributed by atoms with E-state index in [4.69, 9.17) is 4.74 Å². The highest BCUT2D eigenvalue weighted by Gasteiger charge is 2.03. The molecule has 0 aromatic carbocycles. The Bertz CT molecular complexity index is 651. The van der Waals surface area contributed by atoms with E-state index >= 15 is 0 Å². The van der Waals surface area contributed by atoms with Crippen molar-refractivity contribution < 1.29 is 4.74 Å².